The van der Waals surface area contributed by atoms with Gasteiger partial charge < -0.3 is 4.74 Å². The number of hydrogen-bond donors (Lipinski definition) is 0. The maximum absolute atomic E-state index is 12.5. The van der Waals surface area contributed by atoms with Gasteiger partial charge in [-0.3, -0.25) is 0 Å². The van der Waals surface area contributed by atoms with E-state index in [-0.39, 0.29) is 22.4 Å². The Morgan fingerprint density at radius 3 is 2.24 bits per heavy atom. The third kappa shape index (κ3) is 4.42. The van der Waals surface area contributed by atoms with Crippen molar-refractivity contribution in [3.05, 3.63) is 12.2 Å². The summed E-state index contributed by atoms with van der Waals surface area (Å²) < 4.78 is 6.10. The zero-order valence-corrected chi connectivity index (χ0v) is 20.0. The molecular weight excluding hydrogens is 364 g/mol. The van der Waals surface area contributed by atoms with E-state index >= 15 is 0 Å². The molecule has 164 valence electrons. The lowest BCUT2D eigenvalue weighted by atomic mass is 9.64. The fourth-order valence-corrected chi connectivity index (χ4v) is 5.00. The molecular formula is C25H40O4. The molecule has 0 radical (unpaired) electrons. The predicted octanol–water partition coefficient (Wildman–Crippen LogP) is 6.00. The van der Waals surface area contributed by atoms with Crippen molar-refractivity contribution in [1.29, 1.82) is 0 Å². The number of carbonyl (C=O) groups is 1. The van der Waals surface area contributed by atoms with E-state index in [2.05, 4.69) is 46.1 Å². The van der Waals surface area contributed by atoms with Crippen molar-refractivity contribution < 1.29 is 19.3 Å². The fraction of sp³-hybridized carbons (Fsp3) is 0.800. The van der Waals surface area contributed by atoms with Gasteiger partial charge in [0.15, 0.2) is 11.2 Å². The molecule has 2 fully saturated rings. The summed E-state index contributed by atoms with van der Waals surface area (Å²) in [5.74, 6) is 6.73. The molecule has 0 spiro atoms. The summed E-state index contributed by atoms with van der Waals surface area (Å²) in [5.41, 5.74) is -1.82. The molecule has 2 aliphatic carbocycles. The third-order valence-corrected chi connectivity index (χ3v) is 7.37. The normalized spacial score (nSPS) is 30.6. The van der Waals surface area contributed by atoms with Crippen LogP contribution < -0.4 is 0 Å². The Balaban J connectivity index is 2.34. The van der Waals surface area contributed by atoms with Crippen LogP contribution in [0.5, 0.6) is 0 Å². The summed E-state index contributed by atoms with van der Waals surface area (Å²) >= 11 is 0. The van der Waals surface area contributed by atoms with Crippen LogP contribution in [0.3, 0.4) is 0 Å². The first-order valence-corrected chi connectivity index (χ1v) is 10.9. The average Bonchev–Trinajstić information content (AvgIpc) is 2.91. The van der Waals surface area contributed by atoms with Gasteiger partial charge in [-0.15, -0.1) is 0 Å². The molecule has 4 heteroatoms. The highest BCUT2D eigenvalue weighted by Gasteiger charge is 2.70. The summed E-state index contributed by atoms with van der Waals surface area (Å²) in [5, 5.41) is 0. The number of fused-ring (bicyclic) bond motifs is 2. The molecule has 2 bridgehead atoms. The largest absolute Gasteiger partial charge is 0.442 e. The minimum atomic E-state index is -0.838. The van der Waals surface area contributed by atoms with Gasteiger partial charge in [-0.25, -0.2) is 14.6 Å². The van der Waals surface area contributed by atoms with Crippen LogP contribution >= 0.6 is 0 Å². The van der Waals surface area contributed by atoms with Gasteiger partial charge >= 0.3 is 5.97 Å². The predicted molar refractivity (Wildman–Crippen MR) is 116 cm³/mol. The summed E-state index contributed by atoms with van der Waals surface area (Å²) in [6, 6.07) is 0. The van der Waals surface area contributed by atoms with Gasteiger partial charge in [0.2, 0.25) is 0 Å². The number of ether oxygens (including phenoxy) is 1. The van der Waals surface area contributed by atoms with Crippen molar-refractivity contribution in [2.75, 3.05) is 0 Å². The van der Waals surface area contributed by atoms with Crippen molar-refractivity contribution in [2.24, 2.45) is 16.7 Å². The Labute approximate surface area is 177 Å². The first-order chi connectivity index (χ1) is 13.1. The van der Waals surface area contributed by atoms with Gasteiger partial charge in [0.1, 0.15) is 0 Å². The summed E-state index contributed by atoms with van der Waals surface area (Å²) in [6.45, 7) is 22.1. The van der Waals surface area contributed by atoms with Crippen LogP contribution in [-0.2, 0) is 19.3 Å². The van der Waals surface area contributed by atoms with Crippen LogP contribution in [0, 0.1) is 28.6 Å². The van der Waals surface area contributed by atoms with Crippen LogP contribution in [0.4, 0.5) is 0 Å². The Bertz CT molecular complexity index is 721. The van der Waals surface area contributed by atoms with Gasteiger partial charge in [0.05, 0.1) is 5.60 Å². The first kappa shape index (κ1) is 24.0. The van der Waals surface area contributed by atoms with Crippen molar-refractivity contribution in [3.63, 3.8) is 0 Å². The highest BCUT2D eigenvalue weighted by atomic mass is 17.2. The molecule has 2 saturated carbocycles. The van der Waals surface area contributed by atoms with E-state index in [9.17, 15) is 4.79 Å². The molecule has 0 heterocycles. The highest BCUT2D eigenvalue weighted by Crippen LogP contribution is 2.70. The number of esters is 1. The zero-order chi connectivity index (χ0) is 22.3. The lowest BCUT2D eigenvalue weighted by molar-refractivity contribution is -0.389. The summed E-state index contributed by atoms with van der Waals surface area (Å²) in [4.78, 5) is 24.0. The Hall–Kier alpha value is -1.31. The number of carbonyl (C=O) groups excluding carboxylic acids is 1. The van der Waals surface area contributed by atoms with E-state index < -0.39 is 11.2 Å². The van der Waals surface area contributed by atoms with Crippen LogP contribution in [0.1, 0.15) is 94.4 Å². The molecule has 0 N–H and O–H groups in total. The Morgan fingerprint density at radius 2 is 1.79 bits per heavy atom. The second-order valence-corrected chi connectivity index (χ2v) is 10.9. The van der Waals surface area contributed by atoms with Gasteiger partial charge in [0.25, 0.3) is 0 Å². The number of hydrogen-bond acceptors (Lipinski definition) is 4. The van der Waals surface area contributed by atoms with E-state index in [4.69, 9.17) is 14.5 Å². The quantitative estimate of drug-likeness (QED) is 0.172. The van der Waals surface area contributed by atoms with Crippen molar-refractivity contribution in [2.45, 2.75) is 111 Å². The molecule has 0 aliphatic heterocycles. The maximum Gasteiger partial charge on any atom is 0.334 e. The molecule has 3 atom stereocenters. The Morgan fingerprint density at radius 1 is 1.17 bits per heavy atom. The second-order valence-electron chi connectivity index (χ2n) is 10.9. The van der Waals surface area contributed by atoms with E-state index in [0.717, 1.165) is 32.1 Å². The molecule has 0 aromatic carbocycles. The first-order valence-electron chi connectivity index (χ1n) is 10.9. The lowest BCUT2D eigenvalue weighted by Crippen LogP contribution is -2.50. The minimum absolute atomic E-state index is 0.0433. The average molecular weight is 405 g/mol. The molecule has 4 nitrogen and oxygen atoms in total. The molecule has 0 amide bonds. The van der Waals surface area contributed by atoms with Gasteiger partial charge in [-0.1, -0.05) is 52.5 Å². The third-order valence-electron chi connectivity index (χ3n) is 7.37. The smallest absolute Gasteiger partial charge is 0.334 e. The molecule has 0 aromatic rings. The lowest BCUT2D eigenvalue weighted by Gasteiger charge is -2.44. The van der Waals surface area contributed by atoms with E-state index in [0.29, 0.717) is 11.5 Å². The van der Waals surface area contributed by atoms with Crippen molar-refractivity contribution >= 4 is 5.97 Å². The van der Waals surface area contributed by atoms with Crippen molar-refractivity contribution in [1.82, 2.24) is 0 Å². The van der Waals surface area contributed by atoms with Crippen LogP contribution in [-0.4, -0.2) is 22.8 Å². The standard InChI is InChI=1S/C25H40O4/c1-11-13-21(4,5)28-29-22(6,7)15-16-25(27-20(26)18(2)3)17-19-12-14-24(25,10)23(19,8)9/h19H,2,11-14,17H2,1,3-10H3/t19-,24-,25+/m0/s1. The topological polar surface area (TPSA) is 44.8 Å². The highest BCUT2D eigenvalue weighted by molar-refractivity contribution is 5.87. The van der Waals surface area contributed by atoms with Crippen LogP contribution in [0.2, 0.25) is 0 Å². The van der Waals surface area contributed by atoms with E-state index in [1.54, 1.807) is 6.92 Å². The number of rotatable bonds is 7. The molecule has 2 rings (SSSR count). The molecule has 0 unspecified atom stereocenters. The molecule has 29 heavy (non-hydrogen) atoms. The molecule has 0 saturated heterocycles. The second kappa shape index (κ2) is 7.75. The van der Waals surface area contributed by atoms with E-state index in [1.807, 2.05) is 27.7 Å². The van der Waals surface area contributed by atoms with Crippen LogP contribution in [0.15, 0.2) is 12.2 Å². The van der Waals surface area contributed by atoms with Crippen LogP contribution in [0.25, 0.3) is 0 Å². The van der Waals surface area contributed by atoms with Crippen molar-refractivity contribution in [3.8, 4) is 11.8 Å². The SMILES string of the molecule is C=C(C)C(=O)O[C@]1(C#CC(C)(C)OOC(C)(C)CCC)C[C@@H]2CC[C@@]1(C)C2(C)C. The van der Waals surface area contributed by atoms with Gasteiger partial charge in [-0.05, 0) is 65.2 Å². The van der Waals surface area contributed by atoms with Gasteiger partial charge in [-0.2, -0.15) is 0 Å². The minimum Gasteiger partial charge on any atom is -0.442 e. The molecule has 0 aromatic heterocycles. The molecule has 2 aliphatic rings. The fourth-order valence-electron chi connectivity index (χ4n) is 5.00. The maximum atomic E-state index is 12.5. The zero-order valence-electron chi connectivity index (χ0n) is 20.0. The van der Waals surface area contributed by atoms with E-state index in [1.165, 1.54) is 0 Å². The van der Waals surface area contributed by atoms with Gasteiger partial charge in [0, 0.05) is 17.4 Å². The summed E-state index contributed by atoms with van der Waals surface area (Å²) in [6.07, 6.45) is 4.79. The monoisotopic (exact) mass is 404 g/mol. The summed E-state index contributed by atoms with van der Waals surface area (Å²) in [7, 11) is 0. The Kier molecular flexibility index (Phi) is 6.40.